The molecule has 0 aromatic rings. The predicted molar refractivity (Wildman–Crippen MR) is 85.3 cm³/mol. The number of hydrogen-bond acceptors (Lipinski definition) is 9. The summed E-state index contributed by atoms with van der Waals surface area (Å²) in [6, 6.07) is 0. The van der Waals surface area contributed by atoms with Gasteiger partial charge in [0.2, 0.25) is 0 Å². The number of rotatable bonds is 9. The zero-order chi connectivity index (χ0) is 13.2. The molecule has 6 nitrogen and oxygen atoms in total. The third kappa shape index (κ3) is 6.83. The van der Waals surface area contributed by atoms with Gasteiger partial charge in [0.15, 0.2) is 0 Å². The lowest BCUT2D eigenvalue weighted by molar-refractivity contribution is 0.368. The summed E-state index contributed by atoms with van der Waals surface area (Å²) in [6.07, 6.45) is 0. The molecule has 1 saturated heterocycles. The van der Waals surface area contributed by atoms with Crippen LogP contribution in [0.2, 0.25) is 0 Å². The molecule has 0 unspecified atom stereocenters. The van der Waals surface area contributed by atoms with Crippen LogP contribution in [0.1, 0.15) is 0 Å². The third-order valence-corrected chi connectivity index (χ3v) is 5.35. The molecule has 1 rings (SSSR count). The minimum Gasteiger partial charge on any atom is -0.330 e. The lowest BCUT2D eigenvalue weighted by Gasteiger charge is -2.37. The lowest BCUT2D eigenvalue weighted by Crippen LogP contribution is -2.64. The van der Waals surface area contributed by atoms with E-state index in [4.69, 9.17) is 17.2 Å². The number of nitrogens with one attached hydrogen (secondary N) is 3. The fraction of sp³-hybridized carbons (Fsp3) is 1.00. The van der Waals surface area contributed by atoms with Crippen molar-refractivity contribution in [3.05, 3.63) is 0 Å². The summed E-state index contributed by atoms with van der Waals surface area (Å²) in [6.45, 7) is 2.08. The van der Waals surface area contributed by atoms with Crippen LogP contribution in [0.25, 0.3) is 0 Å². The van der Waals surface area contributed by atoms with Gasteiger partial charge in [-0.2, -0.15) is 0 Å². The largest absolute Gasteiger partial charge is 0.330 e. The van der Waals surface area contributed by atoms with Crippen LogP contribution >= 0.6 is 35.3 Å². The average Bonchev–Trinajstić information content (AvgIpc) is 2.40. The van der Waals surface area contributed by atoms with Gasteiger partial charge in [-0.1, -0.05) is 0 Å². The van der Waals surface area contributed by atoms with Crippen LogP contribution < -0.4 is 33.2 Å². The molecule has 0 aromatic carbocycles. The third-order valence-electron chi connectivity index (χ3n) is 2.12. The highest BCUT2D eigenvalue weighted by Gasteiger charge is 2.26. The number of hydrogen-bond donors (Lipinski definition) is 6. The van der Waals surface area contributed by atoms with Crippen molar-refractivity contribution in [3.8, 4) is 0 Å². The van der Waals surface area contributed by atoms with E-state index >= 15 is 0 Å². The quantitative estimate of drug-likeness (QED) is 0.309. The Labute approximate surface area is 122 Å². The van der Waals surface area contributed by atoms with Crippen LogP contribution in [0.3, 0.4) is 0 Å². The maximum Gasteiger partial charge on any atom is 0.109 e. The molecule has 18 heavy (non-hydrogen) atoms. The molecule has 0 aliphatic carbocycles. The van der Waals surface area contributed by atoms with Crippen molar-refractivity contribution in [1.82, 2.24) is 16.0 Å². The van der Waals surface area contributed by atoms with Gasteiger partial charge >= 0.3 is 0 Å². The van der Waals surface area contributed by atoms with E-state index in [0.29, 0.717) is 19.6 Å². The van der Waals surface area contributed by atoms with Gasteiger partial charge in [0.05, 0.1) is 0 Å². The fourth-order valence-electron chi connectivity index (χ4n) is 1.40. The molecule has 108 valence electrons. The van der Waals surface area contributed by atoms with Crippen LogP contribution in [0.5, 0.6) is 0 Å². The molecule has 0 amide bonds. The summed E-state index contributed by atoms with van der Waals surface area (Å²) in [5.41, 5.74) is 17.3. The normalized spacial score (nSPS) is 28.5. The van der Waals surface area contributed by atoms with E-state index in [2.05, 4.69) is 16.0 Å². The van der Waals surface area contributed by atoms with Gasteiger partial charge in [-0.25, -0.2) is 0 Å². The van der Waals surface area contributed by atoms with Crippen molar-refractivity contribution in [2.45, 2.75) is 16.5 Å². The first kappa shape index (κ1) is 16.9. The second-order valence-corrected chi connectivity index (χ2v) is 7.26. The molecule has 9 heteroatoms. The highest BCUT2D eigenvalue weighted by Crippen LogP contribution is 2.19. The van der Waals surface area contributed by atoms with Crippen LogP contribution in [0.4, 0.5) is 0 Å². The summed E-state index contributed by atoms with van der Waals surface area (Å²) in [4.78, 5) is 0. The molecule has 9 N–H and O–H groups in total. The molecule has 0 saturated carbocycles. The summed E-state index contributed by atoms with van der Waals surface area (Å²) < 4.78 is 0. The van der Waals surface area contributed by atoms with Crippen molar-refractivity contribution in [1.29, 1.82) is 0 Å². The van der Waals surface area contributed by atoms with E-state index in [0.717, 1.165) is 17.3 Å². The zero-order valence-electron chi connectivity index (χ0n) is 10.4. The van der Waals surface area contributed by atoms with Gasteiger partial charge in [0.1, 0.15) is 16.5 Å². The van der Waals surface area contributed by atoms with E-state index in [9.17, 15) is 0 Å². The minimum absolute atomic E-state index is 0.223. The molecule has 0 radical (unpaired) electrons. The van der Waals surface area contributed by atoms with E-state index in [1.54, 1.807) is 35.3 Å². The molecule has 0 atom stereocenters. The Balaban J connectivity index is 2.38. The molecule has 1 aliphatic rings. The van der Waals surface area contributed by atoms with Crippen molar-refractivity contribution in [3.63, 3.8) is 0 Å². The Bertz CT molecular complexity index is 171. The fourth-order valence-corrected chi connectivity index (χ4v) is 4.17. The van der Waals surface area contributed by atoms with E-state index in [1.165, 1.54) is 0 Å². The predicted octanol–water partition coefficient (Wildman–Crippen LogP) is -1.30. The monoisotopic (exact) mass is 312 g/mol. The Morgan fingerprint density at radius 2 is 0.889 bits per heavy atom. The Hall–Kier alpha value is 0.810. The standard InChI is InChI=1S/C9H24N6S3/c10-1-4-16-7-13-8(17-5-2-11)15-9(14-7)18-6-3-12/h7-9,13-15H,1-6,10-12H2. The van der Waals surface area contributed by atoms with Gasteiger partial charge in [0.25, 0.3) is 0 Å². The summed E-state index contributed by atoms with van der Waals surface area (Å²) >= 11 is 5.39. The molecular weight excluding hydrogens is 288 g/mol. The van der Waals surface area contributed by atoms with Gasteiger partial charge in [0, 0.05) is 36.9 Å². The van der Waals surface area contributed by atoms with Crippen molar-refractivity contribution >= 4 is 35.3 Å². The van der Waals surface area contributed by atoms with Gasteiger partial charge < -0.3 is 17.2 Å². The van der Waals surface area contributed by atoms with Crippen LogP contribution in [-0.2, 0) is 0 Å². The molecule has 1 aliphatic heterocycles. The van der Waals surface area contributed by atoms with E-state index < -0.39 is 0 Å². The Morgan fingerprint density at radius 1 is 0.611 bits per heavy atom. The van der Waals surface area contributed by atoms with Crippen LogP contribution in [0.15, 0.2) is 0 Å². The average molecular weight is 313 g/mol. The zero-order valence-corrected chi connectivity index (χ0v) is 12.9. The molecular formula is C9H24N6S3. The number of nitrogens with two attached hydrogens (primary N) is 3. The van der Waals surface area contributed by atoms with Gasteiger partial charge in [-0.15, -0.1) is 35.3 Å². The molecule has 0 bridgehead atoms. The molecule has 0 spiro atoms. The summed E-state index contributed by atoms with van der Waals surface area (Å²) in [5, 5.41) is 10.4. The second kappa shape index (κ2) is 10.6. The topological polar surface area (TPSA) is 114 Å². The first-order chi connectivity index (χ1) is 8.80. The van der Waals surface area contributed by atoms with Crippen molar-refractivity contribution in [2.24, 2.45) is 17.2 Å². The van der Waals surface area contributed by atoms with Gasteiger partial charge in [-0.3, -0.25) is 16.0 Å². The first-order valence-corrected chi connectivity index (χ1v) is 9.18. The number of thioether (sulfide) groups is 3. The van der Waals surface area contributed by atoms with E-state index in [-0.39, 0.29) is 16.5 Å². The summed E-state index contributed by atoms with van der Waals surface area (Å²) in [7, 11) is 0. The van der Waals surface area contributed by atoms with Crippen LogP contribution in [0, 0.1) is 0 Å². The lowest BCUT2D eigenvalue weighted by atomic mass is 10.7. The van der Waals surface area contributed by atoms with Crippen molar-refractivity contribution in [2.75, 3.05) is 36.9 Å². The minimum atomic E-state index is 0.223. The summed E-state index contributed by atoms with van der Waals surface area (Å²) in [5.74, 6) is 2.81. The van der Waals surface area contributed by atoms with E-state index in [1.807, 2.05) is 0 Å². The second-order valence-electron chi connectivity index (χ2n) is 3.62. The highest BCUT2D eigenvalue weighted by atomic mass is 32.2. The highest BCUT2D eigenvalue weighted by molar-refractivity contribution is 8.01. The molecule has 1 heterocycles. The van der Waals surface area contributed by atoms with Gasteiger partial charge in [-0.05, 0) is 0 Å². The molecule has 1 fully saturated rings. The van der Waals surface area contributed by atoms with Crippen LogP contribution in [-0.4, -0.2) is 53.4 Å². The molecule has 0 aromatic heterocycles. The Morgan fingerprint density at radius 3 is 1.11 bits per heavy atom. The maximum atomic E-state index is 5.54. The first-order valence-electron chi connectivity index (χ1n) is 6.03. The SMILES string of the molecule is NCCSC1NC(SCCN)NC(SCCN)N1. The smallest absolute Gasteiger partial charge is 0.109 e. The Kier molecular flexibility index (Phi) is 9.91. The maximum absolute atomic E-state index is 5.54. The van der Waals surface area contributed by atoms with Crippen molar-refractivity contribution < 1.29 is 0 Å².